The van der Waals surface area contributed by atoms with E-state index in [-0.39, 0.29) is 5.92 Å². The lowest BCUT2D eigenvalue weighted by atomic mass is 9.97. The first-order valence-corrected chi connectivity index (χ1v) is 8.51. The number of aliphatic imine (C=N–C) groups is 1. The molecule has 1 aliphatic rings. The number of nitrogens with two attached hydrogens (primary N) is 1. The molecule has 0 aliphatic carbocycles. The fourth-order valence-electron chi connectivity index (χ4n) is 2.50. The highest BCUT2D eigenvalue weighted by Crippen LogP contribution is 2.24. The normalized spacial score (nSPS) is 30.3. The Bertz CT molecular complexity index is 457. The highest BCUT2D eigenvalue weighted by atomic mass is 15.1. The molecule has 22 heavy (non-hydrogen) atoms. The first kappa shape index (κ1) is 18.5. The first-order valence-electron chi connectivity index (χ1n) is 8.51. The summed E-state index contributed by atoms with van der Waals surface area (Å²) in [5.74, 6) is 1.80. The molecule has 3 unspecified atom stereocenters. The molecule has 3 nitrogen and oxygen atoms in total. The molecule has 0 radical (unpaired) electrons. The predicted octanol–water partition coefficient (Wildman–Crippen LogP) is 4.34. The molecule has 0 fully saturated rings. The summed E-state index contributed by atoms with van der Waals surface area (Å²) >= 11 is 0. The van der Waals surface area contributed by atoms with Gasteiger partial charge in [0.1, 0.15) is 5.84 Å². The summed E-state index contributed by atoms with van der Waals surface area (Å²) in [4.78, 5) is 7.15. The molecular formula is C19H33N3. The lowest BCUT2D eigenvalue weighted by Gasteiger charge is -2.33. The van der Waals surface area contributed by atoms with Crippen LogP contribution in [0.25, 0.3) is 0 Å². The number of allylic oxidation sites excluding steroid dienone is 3. The number of hydrogen-bond acceptors (Lipinski definition) is 3. The zero-order valence-corrected chi connectivity index (χ0v) is 15.1. The summed E-state index contributed by atoms with van der Waals surface area (Å²) < 4.78 is 0. The van der Waals surface area contributed by atoms with E-state index in [4.69, 9.17) is 10.7 Å². The minimum absolute atomic E-state index is 0.158. The SMILES string of the molecule is CC/C=C\C=C1\N=C(N)C(C)/C=C\N(CC(C)C)C(C)C1C. The molecule has 0 aromatic rings. The largest absolute Gasteiger partial charge is 0.387 e. The summed E-state index contributed by atoms with van der Waals surface area (Å²) in [7, 11) is 0. The monoisotopic (exact) mass is 303 g/mol. The van der Waals surface area contributed by atoms with Crippen molar-refractivity contribution < 1.29 is 0 Å². The smallest absolute Gasteiger partial charge is 0.106 e. The van der Waals surface area contributed by atoms with Gasteiger partial charge >= 0.3 is 0 Å². The van der Waals surface area contributed by atoms with E-state index in [1.165, 1.54) is 0 Å². The molecule has 0 saturated carbocycles. The van der Waals surface area contributed by atoms with Crippen molar-refractivity contribution in [3.05, 3.63) is 36.2 Å². The van der Waals surface area contributed by atoms with Crippen LogP contribution in [-0.4, -0.2) is 23.3 Å². The topological polar surface area (TPSA) is 41.6 Å². The van der Waals surface area contributed by atoms with Crippen molar-refractivity contribution >= 4 is 5.84 Å². The van der Waals surface area contributed by atoms with Crippen LogP contribution in [-0.2, 0) is 0 Å². The second-order valence-electron chi connectivity index (χ2n) is 6.71. The van der Waals surface area contributed by atoms with Gasteiger partial charge in [-0.05, 0) is 31.5 Å². The molecule has 1 heterocycles. The van der Waals surface area contributed by atoms with Crippen LogP contribution < -0.4 is 5.73 Å². The Morgan fingerprint density at radius 2 is 2.00 bits per heavy atom. The highest BCUT2D eigenvalue weighted by molar-refractivity contribution is 5.85. The van der Waals surface area contributed by atoms with E-state index < -0.39 is 0 Å². The quantitative estimate of drug-likeness (QED) is 0.839. The van der Waals surface area contributed by atoms with Crippen molar-refractivity contribution in [3.63, 3.8) is 0 Å². The molecule has 0 spiro atoms. The van der Waals surface area contributed by atoms with Crippen molar-refractivity contribution in [2.24, 2.45) is 28.5 Å². The van der Waals surface area contributed by atoms with Gasteiger partial charge in [-0.25, -0.2) is 4.99 Å². The van der Waals surface area contributed by atoms with Crippen LogP contribution in [0, 0.1) is 17.8 Å². The first-order chi connectivity index (χ1) is 10.4. The van der Waals surface area contributed by atoms with E-state index in [2.05, 4.69) is 76.9 Å². The van der Waals surface area contributed by atoms with Gasteiger partial charge < -0.3 is 10.6 Å². The summed E-state index contributed by atoms with van der Waals surface area (Å²) in [6.45, 7) is 14.3. The van der Waals surface area contributed by atoms with Crippen molar-refractivity contribution in [1.29, 1.82) is 0 Å². The average molecular weight is 303 g/mol. The summed E-state index contributed by atoms with van der Waals surface area (Å²) in [6.07, 6.45) is 11.8. The van der Waals surface area contributed by atoms with E-state index >= 15 is 0 Å². The van der Waals surface area contributed by atoms with E-state index in [9.17, 15) is 0 Å². The molecule has 3 atom stereocenters. The van der Waals surface area contributed by atoms with E-state index in [1.807, 2.05) is 0 Å². The number of rotatable bonds is 4. The molecule has 1 aliphatic heterocycles. The zero-order valence-electron chi connectivity index (χ0n) is 15.1. The van der Waals surface area contributed by atoms with E-state index in [1.54, 1.807) is 0 Å². The third-order valence-electron chi connectivity index (χ3n) is 4.22. The van der Waals surface area contributed by atoms with Crippen LogP contribution >= 0.6 is 0 Å². The number of amidine groups is 1. The third kappa shape index (κ3) is 5.36. The fourth-order valence-corrected chi connectivity index (χ4v) is 2.50. The summed E-state index contributed by atoms with van der Waals surface area (Å²) in [6, 6.07) is 0.391. The van der Waals surface area contributed by atoms with E-state index in [0.29, 0.717) is 23.7 Å². The lowest BCUT2D eigenvalue weighted by molar-refractivity contribution is 0.222. The maximum Gasteiger partial charge on any atom is 0.106 e. The summed E-state index contributed by atoms with van der Waals surface area (Å²) in [5.41, 5.74) is 7.25. The van der Waals surface area contributed by atoms with Crippen LogP contribution in [0.5, 0.6) is 0 Å². The van der Waals surface area contributed by atoms with Crippen LogP contribution in [0.15, 0.2) is 41.2 Å². The van der Waals surface area contributed by atoms with Crippen molar-refractivity contribution in [1.82, 2.24) is 4.90 Å². The molecule has 0 bridgehead atoms. The van der Waals surface area contributed by atoms with Gasteiger partial charge in [0.2, 0.25) is 0 Å². The van der Waals surface area contributed by atoms with Gasteiger partial charge in [-0.15, -0.1) is 0 Å². The fraction of sp³-hybridized carbons (Fsp3) is 0.632. The van der Waals surface area contributed by atoms with Crippen LogP contribution in [0.4, 0.5) is 0 Å². The second kappa shape index (κ2) is 8.82. The molecule has 0 saturated heterocycles. The maximum absolute atomic E-state index is 6.18. The Labute approximate surface area is 136 Å². The molecule has 0 aromatic carbocycles. The Kier molecular flexibility index (Phi) is 7.43. The number of nitrogens with zero attached hydrogens (tertiary/aromatic N) is 2. The third-order valence-corrected chi connectivity index (χ3v) is 4.22. The minimum Gasteiger partial charge on any atom is -0.387 e. The van der Waals surface area contributed by atoms with Crippen molar-refractivity contribution in [2.75, 3.05) is 6.54 Å². The molecule has 2 N–H and O–H groups in total. The Hall–Kier alpha value is -1.51. The average Bonchev–Trinajstić information content (AvgIpc) is 2.50. The predicted molar refractivity (Wildman–Crippen MR) is 97.6 cm³/mol. The lowest BCUT2D eigenvalue weighted by Crippen LogP contribution is -2.36. The standard InChI is InChI=1S/C19H33N3/c1-7-8-9-10-18-16(5)17(6)22(13-14(2)3)12-11-15(4)19(20)21-18/h8-12,14-17H,7,13H2,1-6H3,(H2,20,21)/b9-8-,12-11-,18-10+. The molecule has 0 amide bonds. The molecular weight excluding hydrogens is 270 g/mol. The Morgan fingerprint density at radius 3 is 2.59 bits per heavy atom. The Balaban J connectivity index is 3.17. The molecule has 1 rings (SSSR count). The minimum atomic E-state index is 0.158. The van der Waals surface area contributed by atoms with E-state index in [0.717, 1.165) is 18.7 Å². The van der Waals surface area contributed by atoms with Gasteiger partial charge in [-0.2, -0.15) is 0 Å². The maximum atomic E-state index is 6.18. The Morgan fingerprint density at radius 1 is 1.32 bits per heavy atom. The van der Waals surface area contributed by atoms with Gasteiger partial charge in [-0.1, -0.05) is 52.8 Å². The molecule has 0 aromatic heterocycles. The summed E-state index contributed by atoms with van der Waals surface area (Å²) in [5, 5.41) is 0. The van der Waals surface area contributed by atoms with Gasteiger partial charge in [0, 0.05) is 30.1 Å². The van der Waals surface area contributed by atoms with Crippen LogP contribution in [0.3, 0.4) is 0 Å². The number of hydrogen-bond donors (Lipinski definition) is 1. The van der Waals surface area contributed by atoms with Gasteiger partial charge in [-0.3, -0.25) is 0 Å². The van der Waals surface area contributed by atoms with Gasteiger partial charge in [0.15, 0.2) is 0 Å². The van der Waals surface area contributed by atoms with Gasteiger partial charge in [0.05, 0.1) is 0 Å². The second-order valence-corrected chi connectivity index (χ2v) is 6.71. The van der Waals surface area contributed by atoms with Gasteiger partial charge in [0.25, 0.3) is 0 Å². The van der Waals surface area contributed by atoms with Crippen LogP contribution in [0.2, 0.25) is 0 Å². The van der Waals surface area contributed by atoms with Crippen molar-refractivity contribution in [2.45, 2.75) is 54.0 Å². The van der Waals surface area contributed by atoms with Crippen LogP contribution in [0.1, 0.15) is 48.0 Å². The van der Waals surface area contributed by atoms with Crippen molar-refractivity contribution in [3.8, 4) is 0 Å². The molecule has 124 valence electrons. The molecule has 3 heteroatoms. The highest BCUT2D eigenvalue weighted by Gasteiger charge is 2.23. The zero-order chi connectivity index (χ0) is 16.7.